The van der Waals surface area contributed by atoms with E-state index in [2.05, 4.69) is 25.9 Å². The van der Waals surface area contributed by atoms with Crippen molar-refractivity contribution in [3.8, 4) is 0 Å². The zero-order chi connectivity index (χ0) is 16.8. The lowest BCUT2D eigenvalue weighted by Crippen LogP contribution is -2.39. The summed E-state index contributed by atoms with van der Waals surface area (Å²) in [6.45, 7) is 2.21. The van der Waals surface area contributed by atoms with Crippen molar-refractivity contribution in [1.29, 1.82) is 0 Å². The highest BCUT2D eigenvalue weighted by molar-refractivity contribution is 9.10. The lowest BCUT2D eigenvalue weighted by molar-refractivity contribution is 0.0508. The zero-order valence-electron chi connectivity index (χ0n) is 12.0. The van der Waals surface area contributed by atoms with Crippen LogP contribution in [-0.2, 0) is 4.74 Å². The predicted octanol–water partition coefficient (Wildman–Crippen LogP) is 4.40. The first-order chi connectivity index (χ1) is 10.8. The van der Waals surface area contributed by atoms with Gasteiger partial charge in [0, 0.05) is 11.9 Å². The van der Waals surface area contributed by atoms with Gasteiger partial charge in [0.2, 0.25) is 5.28 Å². The highest BCUT2D eigenvalue weighted by Crippen LogP contribution is 2.36. The summed E-state index contributed by atoms with van der Waals surface area (Å²) < 4.78 is 34.2. The van der Waals surface area contributed by atoms with Crippen molar-refractivity contribution in [2.75, 3.05) is 31.2 Å². The van der Waals surface area contributed by atoms with Crippen molar-refractivity contribution in [2.45, 2.75) is 12.6 Å². The minimum Gasteiger partial charge on any atom is -0.376 e. The molecule has 1 unspecified atom stereocenters. The monoisotopic (exact) mass is 425 g/mol. The van der Waals surface area contributed by atoms with Crippen molar-refractivity contribution in [3.05, 3.63) is 26.7 Å². The SMILES string of the molecule is CC1(F)COCCN(c2nc(Cl)nc3c(F)c(Br)c(Cl)cc23)C1. The van der Waals surface area contributed by atoms with Gasteiger partial charge < -0.3 is 9.64 Å². The Hall–Kier alpha value is -0.760. The Bertz CT molecular complexity index is 776. The normalized spacial score (nSPS) is 22.4. The topological polar surface area (TPSA) is 38.2 Å². The van der Waals surface area contributed by atoms with Crippen molar-refractivity contribution < 1.29 is 13.5 Å². The van der Waals surface area contributed by atoms with Crippen LogP contribution in [0.25, 0.3) is 10.9 Å². The van der Waals surface area contributed by atoms with E-state index in [4.69, 9.17) is 27.9 Å². The quantitative estimate of drug-likeness (QED) is 0.500. The number of halogens is 5. The fourth-order valence-electron chi connectivity index (χ4n) is 2.53. The molecule has 23 heavy (non-hydrogen) atoms. The molecule has 0 amide bonds. The summed E-state index contributed by atoms with van der Waals surface area (Å²) >= 11 is 15.0. The molecule has 1 aliphatic heterocycles. The molecule has 1 aromatic carbocycles. The number of alkyl halides is 1. The summed E-state index contributed by atoms with van der Waals surface area (Å²) in [7, 11) is 0. The van der Waals surface area contributed by atoms with Crippen LogP contribution in [0.5, 0.6) is 0 Å². The Morgan fingerprint density at radius 1 is 1.39 bits per heavy atom. The molecule has 1 aromatic heterocycles. The van der Waals surface area contributed by atoms with Gasteiger partial charge in [-0.2, -0.15) is 4.98 Å². The third-order valence-electron chi connectivity index (χ3n) is 3.51. The van der Waals surface area contributed by atoms with Crippen LogP contribution in [0.1, 0.15) is 6.92 Å². The van der Waals surface area contributed by atoms with Gasteiger partial charge in [0.15, 0.2) is 5.82 Å². The highest BCUT2D eigenvalue weighted by Gasteiger charge is 2.31. The van der Waals surface area contributed by atoms with E-state index >= 15 is 0 Å². The minimum absolute atomic E-state index is 0.0130. The summed E-state index contributed by atoms with van der Waals surface area (Å²) in [6, 6.07) is 1.54. The van der Waals surface area contributed by atoms with Gasteiger partial charge in [-0.15, -0.1) is 0 Å². The van der Waals surface area contributed by atoms with Crippen LogP contribution in [0.15, 0.2) is 10.5 Å². The molecule has 0 aliphatic carbocycles. The Morgan fingerprint density at radius 2 is 2.13 bits per heavy atom. The molecule has 1 fully saturated rings. The fraction of sp³-hybridized carbons (Fsp3) is 0.429. The summed E-state index contributed by atoms with van der Waals surface area (Å²) in [5.74, 6) is -0.296. The zero-order valence-corrected chi connectivity index (χ0v) is 15.1. The van der Waals surface area contributed by atoms with Gasteiger partial charge in [-0.05, 0) is 40.5 Å². The van der Waals surface area contributed by atoms with Crippen LogP contribution >= 0.6 is 39.1 Å². The van der Waals surface area contributed by atoms with Gasteiger partial charge in [-0.1, -0.05) is 11.6 Å². The number of nitrogens with zero attached hydrogens (tertiary/aromatic N) is 3. The highest BCUT2D eigenvalue weighted by atomic mass is 79.9. The fourth-order valence-corrected chi connectivity index (χ4v) is 3.19. The first-order valence-corrected chi connectivity index (χ1v) is 8.36. The van der Waals surface area contributed by atoms with Gasteiger partial charge in [0.05, 0.1) is 29.3 Å². The maximum absolute atomic E-state index is 14.4. The van der Waals surface area contributed by atoms with E-state index in [0.717, 1.165) is 0 Å². The van der Waals surface area contributed by atoms with Crippen LogP contribution in [0, 0.1) is 5.82 Å². The number of ether oxygens (including phenoxy) is 1. The second kappa shape index (κ2) is 6.27. The van der Waals surface area contributed by atoms with Crippen molar-refractivity contribution in [3.63, 3.8) is 0 Å². The second-order valence-corrected chi connectivity index (χ2v) is 7.12. The van der Waals surface area contributed by atoms with Gasteiger partial charge in [-0.25, -0.2) is 13.8 Å². The van der Waals surface area contributed by atoms with Crippen molar-refractivity contribution in [1.82, 2.24) is 9.97 Å². The number of benzene rings is 1. The average molecular weight is 427 g/mol. The molecule has 0 N–H and O–H groups in total. The van der Waals surface area contributed by atoms with E-state index < -0.39 is 11.5 Å². The molecule has 9 heteroatoms. The molecule has 0 bridgehead atoms. The van der Waals surface area contributed by atoms with E-state index in [1.807, 2.05) is 0 Å². The van der Waals surface area contributed by atoms with Crippen LogP contribution in [0.4, 0.5) is 14.6 Å². The summed E-state index contributed by atoms with van der Waals surface area (Å²) in [6.07, 6.45) is 0. The third kappa shape index (κ3) is 3.38. The standard InChI is InChI=1S/C14H12BrCl2F2N3O/c1-14(19)5-22(2-3-23-6-14)12-7-4-8(16)9(15)10(18)11(7)20-13(17)21-12/h4H,2-3,5-6H2,1H3. The number of hydrogen-bond acceptors (Lipinski definition) is 4. The molecule has 0 radical (unpaired) electrons. The van der Waals surface area contributed by atoms with Gasteiger partial charge in [0.25, 0.3) is 0 Å². The molecule has 3 rings (SSSR count). The lowest BCUT2D eigenvalue weighted by atomic mass is 10.1. The van der Waals surface area contributed by atoms with E-state index in [9.17, 15) is 8.78 Å². The molecular weight excluding hydrogens is 415 g/mol. The molecule has 1 aliphatic rings. The Morgan fingerprint density at radius 3 is 2.87 bits per heavy atom. The van der Waals surface area contributed by atoms with E-state index in [0.29, 0.717) is 24.4 Å². The molecule has 124 valence electrons. The van der Waals surface area contributed by atoms with Crippen LogP contribution < -0.4 is 4.90 Å². The minimum atomic E-state index is -1.56. The number of fused-ring (bicyclic) bond motifs is 1. The number of aromatic nitrogens is 2. The largest absolute Gasteiger partial charge is 0.376 e. The molecule has 1 saturated heterocycles. The lowest BCUT2D eigenvalue weighted by Gasteiger charge is -2.27. The smallest absolute Gasteiger partial charge is 0.225 e. The number of anilines is 1. The van der Waals surface area contributed by atoms with Gasteiger partial charge >= 0.3 is 0 Å². The molecule has 2 aromatic rings. The third-order valence-corrected chi connectivity index (χ3v) is 4.98. The molecule has 1 atom stereocenters. The van der Waals surface area contributed by atoms with E-state index in [1.165, 1.54) is 13.0 Å². The Balaban J connectivity index is 2.20. The van der Waals surface area contributed by atoms with Crippen LogP contribution in [0.3, 0.4) is 0 Å². The molecule has 2 heterocycles. The first-order valence-electron chi connectivity index (χ1n) is 6.81. The van der Waals surface area contributed by atoms with Crippen molar-refractivity contribution in [2.24, 2.45) is 0 Å². The summed E-state index contributed by atoms with van der Waals surface area (Å²) in [5.41, 5.74) is -1.53. The maximum Gasteiger partial charge on any atom is 0.225 e. The predicted molar refractivity (Wildman–Crippen MR) is 89.8 cm³/mol. The molecule has 0 spiro atoms. The molecule has 4 nitrogen and oxygen atoms in total. The number of rotatable bonds is 1. The second-order valence-electron chi connectivity index (χ2n) is 5.59. The van der Waals surface area contributed by atoms with Crippen molar-refractivity contribution >= 4 is 55.9 Å². The van der Waals surface area contributed by atoms with Gasteiger partial charge in [-0.3, -0.25) is 0 Å². The first kappa shape index (κ1) is 17.1. The maximum atomic E-state index is 14.4. The summed E-state index contributed by atoms with van der Waals surface area (Å²) in [5, 5.41) is 0.431. The van der Waals surface area contributed by atoms with Crippen LogP contribution in [-0.4, -0.2) is 41.9 Å². The van der Waals surface area contributed by atoms with E-state index in [1.54, 1.807) is 4.90 Å². The average Bonchev–Trinajstić information content (AvgIpc) is 2.66. The summed E-state index contributed by atoms with van der Waals surface area (Å²) in [4.78, 5) is 9.77. The van der Waals surface area contributed by atoms with Crippen LogP contribution in [0.2, 0.25) is 10.3 Å². The number of hydrogen-bond donors (Lipinski definition) is 0. The molecular formula is C14H12BrCl2F2N3O. The Labute approximate surface area is 149 Å². The Kier molecular flexibility index (Phi) is 4.66. The molecule has 0 saturated carbocycles. The van der Waals surface area contributed by atoms with E-state index in [-0.39, 0.29) is 33.4 Å². The van der Waals surface area contributed by atoms with Gasteiger partial charge in [0.1, 0.15) is 17.0 Å².